The SMILES string of the molecule is Cc1cc(-c2nn(-c3ccccc3)cc2/C=c2\sc3nc(-c4ccncc4)nn3c2=O)ccc1OCc1ccccc1. The van der Waals surface area contributed by atoms with E-state index >= 15 is 0 Å². The molecule has 0 saturated carbocycles. The van der Waals surface area contributed by atoms with Gasteiger partial charge in [-0.15, -0.1) is 5.10 Å². The van der Waals surface area contributed by atoms with Crippen LogP contribution in [0.15, 0.2) is 114 Å². The molecule has 0 amide bonds. The Kier molecular flexibility index (Phi) is 6.61. The second-order valence-corrected chi connectivity index (χ2v) is 10.8. The molecular formula is C33H24N6O2S. The Balaban J connectivity index is 1.28. The van der Waals surface area contributed by atoms with Crippen molar-refractivity contribution in [3.63, 3.8) is 0 Å². The van der Waals surface area contributed by atoms with Crippen molar-refractivity contribution in [2.45, 2.75) is 13.5 Å². The third kappa shape index (κ3) is 4.97. The molecule has 9 heteroatoms. The molecule has 0 aliphatic carbocycles. The van der Waals surface area contributed by atoms with Crippen LogP contribution in [-0.4, -0.2) is 29.4 Å². The summed E-state index contributed by atoms with van der Waals surface area (Å²) in [6.45, 7) is 2.52. The molecule has 0 spiro atoms. The number of aryl methyl sites for hydroxylation is 1. The number of benzene rings is 3. The topological polar surface area (TPSA) is 87.2 Å². The molecule has 7 aromatic rings. The van der Waals surface area contributed by atoms with Crippen LogP contribution in [0.4, 0.5) is 0 Å². The molecule has 3 aromatic carbocycles. The maximum atomic E-state index is 13.4. The van der Waals surface area contributed by atoms with Gasteiger partial charge in [-0.3, -0.25) is 9.78 Å². The zero-order chi connectivity index (χ0) is 28.5. The predicted octanol–water partition coefficient (Wildman–Crippen LogP) is 5.50. The zero-order valence-electron chi connectivity index (χ0n) is 22.6. The van der Waals surface area contributed by atoms with E-state index in [1.807, 2.05) is 109 Å². The molecule has 0 fully saturated rings. The second-order valence-electron chi connectivity index (χ2n) is 9.75. The summed E-state index contributed by atoms with van der Waals surface area (Å²) < 4.78 is 9.82. The minimum Gasteiger partial charge on any atom is -0.489 e. The van der Waals surface area contributed by atoms with Gasteiger partial charge in [0.2, 0.25) is 4.96 Å². The Labute approximate surface area is 244 Å². The first kappa shape index (κ1) is 25.6. The van der Waals surface area contributed by atoms with Crippen molar-refractivity contribution in [1.82, 2.24) is 29.4 Å². The highest BCUT2D eigenvalue weighted by atomic mass is 32.1. The summed E-state index contributed by atoms with van der Waals surface area (Å²) in [5, 5.41) is 9.40. The van der Waals surface area contributed by atoms with E-state index in [-0.39, 0.29) is 5.56 Å². The lowest BCUT2D eigenvalue weighted by atomic mass is 10.0. The van der Waals surface area contributed by atoms with Crippen molar-refractivity contribution in [3.8, 4) is 34.1 Å². The van der Waals surface area contributed by atoms with Crippen LogP contribution >= 0.6 is 11.3 Å². The Morgan fingerprint density at radius 1 is 0.881 bits per heavy atom. The Hall–Kier alpha value is -5.41. The van der Waals surface area contributed by atoms with Crippen LogP contribution in [0, 0.1) is 6.92 Å². The van der Waals surface area contributed by atoms with E-state index in [4.69, 9.17) is 9.84 Å². The maximum absolute atomic E-state index is 13.4. The first-order valence-electron chi connectivity index (χ1n) is 13.4. The molecule has 0 radical (unpaired) electrons. The third-order valence-corrected chi connectivity index (χ3v) is 7.81. The van der Waals surface area contributed by atoms with Crippen molar-refractivity contribution in [2.75, 3.05) is 0 Å². The van der Waals surface area contributed by atoms with Crippen molar-refractivity contribution < 1.29 is 4.74 Å². The molecule has 0 N–H and O–H groups in total. The van der Waals surface area contributed by atoms with Gasteiger partial charge in [0.1, 0.15) is 18.1 Å². The molecule has 4 heterocycles. The molecule has 204 valence electrons. The molecule has 0 bridgehead atoms. The van der Waals surface area contributed by atoms with Gasteiger partial charge in [0.05, 0.1) is 10.2 Å². The van der Waals surface area contributed by atoms with Crippen molar-refractivity contribution in [1.29, 1.82) is 0 Å². The summed E-state index contributed by atoms with van der Waals surface area (Å²) >= 11 is 1.30. The lowest BCUT2D eigenvalue weighted by Gasteiger charge is -2.10. The summed E-state index contributed by atoms with van der Waals surface area (Å²) in [6.07, 6.45) is 7.17. The summed E-state index contributed by atoms with van der Waals surface area (Å²) in [5.41, 5.74) is 6.11. The fraction of sp³-hybridized carbons (Fsp3) is 0.0606. The van der Waals surface area contributed by atoms with Crippen molar-refractivity contribution >= 4 is 22.4 Å². The summed E-state index contributed by atoms with van der Waals surface area (Å²) in [7, 11) is 0. The minimum absolute atomic E-state index is 0.220. The molecule has 42 heavy (non-hydrogen) atoms. The number of thiazole rings is 1. The van der Waals surface area contributed by atoms with Crippen molar-refractivity contribution in [2.24, 2.45) is 0 Å². The molecule has 0 aliphatic rings. The fourth-order valence-electron chi connectivity index (χ4n) is 4.72. The Morgan fingerprint density at radius 3 is 2.38 bits per heavy atom. The number of ether oxygens (including phenoxy) is 1. The van der Waals surface area contributed by atoms with Crippen LogP contribution in [0.5, 0.6) is 5.75 Å². The van der Waals surface area contributed by atoms with Crippen LogP contribution in [0.3, 0.4) is 0 Å². The smallest absolute Gasteiger partial charge is 0.291 e. The largest absolute Gasteiger partial charge is 0.489 e. The van der Waals surface area contributed by atoms with E-state index in [1.54, 1.807) is 12.4 Å². The number of hydrogen-bond donors (Lipinski definition) is 0. The highest BCUT2D eigenvalue weighted by Gasteiger charge is 2.16. The van der Waals surface area contributed by atoms with Gasteiger partial charge in [-0.05, 0) is 66.6 Å². The van der Waals surface area contributed by atoms with Crippen LogP contribution in [0.2, 0.25) is 0 Å². The quantitative estimate of drug-likeness (QED) is 0.252. The number of fused-ring (bicyclic) bond motifs is 1. The van der Waals surface area contributed by atoms with E-state index in [9.17, 15) is 4.79 Å². The number of pyridine rings is 1. The highest BCUT2D eigenvalue weighted by molar-refractivity contribution is 7.15. The van der Waals surface area contributed by atoms with Gasteiger partial charge in [0.25, 0.3) is 5.56 Å². The van der Waals surface area contributed by atoms with Crippen LogP contribution in [0.25, 0.3) is 39.4 Å². The predicted molar refractivity (Wildman–Crippen MR) is 164 cm³/mol. The lowest BCUT2D eigenvalue weighted by Crippen LogP contribution is -2.23. The van der Waals surface area contributed by atoms with Crippen LogP contribution in [-0.2, 0) is 6.61 Å². The molecule has 4 aromatic heterocycles. The number of aromatic nitrogens is 6. The number of rotatable bonds is 7. The molecule has 8 nitrogen and oxygen atoms in total. The van der Waals surface area contributed by atoms with Gasteiger partial charge >= 0.3 is 0 Å². The molecular weight excluding hydrogens is 544 g/mol. The van der Waals surface area contributed by atoms with E-state index in [2.05, 4.69) is 21.1 Å². The lowest BCUT2D eigenvalue weighted by molar-refractivity contribution is 0.304. The van der Waals surface area contributed by atoms with E-state index in [0.717, 1.165) is 44.9 Å². The third-order valence-electron chi connectivity index (χ3n) is 6.86. The standard InChI is InChI=1S/C33H24N6O2S/c1-22-18-25(12-13-28(22)41-21-23-8-4-2-5-9-23)30-26(20-38(36-30)27-10-6-3-7-11-27)19-29-32(40)39-33(42-29)35-31(37-39)24-14-16-34-17-15-24/h2-20H,21H2,1H3/b29-19-. The van der Waals surface area contributed by atoms with E-state index < -0.39 is 0 Å². The Bertz CT molecular complexity index is 2120. The number of nitrogens with zero attached hydrogens (tertiary/aromatic N) is 6. The van der Waals surface area contributed by atoms with Gasteiger partial charge in [-0.25, -0.2) is 4.68 Å². The van der Waals surface area contributed by atoms with Gasteiger partial charge < -0.3 is 4.74 Å². The van der Waals surface area contributed by atoms with Gasteiger partial charge in [-0.1, -0.05) is 59.9 Å². The Morgan fingerprint density at radius 2 is 1.64 bits per heavy atom. The first-order chi connectivity index (χ1) is 20.6. The average molecular weight is 569 g/mol. The zero-order valence-corrected chi connectivity index (χ0v) is 23.4. The average Bonchev–Trinajstić information content (AvgIpc) is 3.73. The molecule has 0 aliphatic heterocycles. The molecule has 0 saturated heterocycles. The molecule has 0 atom stereocenters. The number of para-hydroxylation sites is 1. The van der Waals surface area contributed by atoms with Crippen molar-refractivity contribution in [3.05, 3.63) is 141 Å². The minimum atomic E-state index is -0.220. The molecule has 7 rings (SSSR count). The van der Waals surface area contributed by atoms with E-state index in [0.29, 0.717) is 21.9 Å². The first-order valence-corrected chi connectivity index (χ1v) is 14.2. The van der Waals surface area contributed by atoms with Gasteiger partial charge in [0, 0.05) is 35.3 Å². The fourth-order valence-corrected chi connectivity index (χ4v) is 5.62. The summed E-state index contributed by atoms with van der Waals surface area (Å²) in [4.78, 5) is 22.5. The van der Waals surface area contributed by atoms with Crippen LogP contribution in [0.1, 0.15) is 16.7 Å². The van der Waals surface area contributed by atoms with Gasteiger partial charge in [0.15, 0.2) is 5.82 Å². The van der Waals surface area contributed by atoms with Gasteiger partial charge in [-0.2, -0.15) is 14.6 Å². The second kappa shape index (κ2) is 10.9. The van der Waals surface area contributed by atoms with E-state index in [1.165, 1.54) is 15.9 Å². The monoisotopic (exact) mass is 568 g/mol. The molecule has 0 unspecified atom stereocenters. The van der Waals surface area contributed by atoms with Crippen LogP contribution < -0.4 is 14.8 Å². The normalized spacial score (nSPS) is 11.8. The summed E-state index contributed by atoms with van der Waals surface area (Å²) in [5.74, 6) is 1.31. The highest BCUT2D eigenvalue weighted by Crippen LogP contribution is 2.29. The maximum Gasteiger partial charge on any atom is 0.291 e. The number of hydrogen-bond acceptors (Lipinski definition) is 7. The summed E-state index contributed by atoms with van der Waals surface area (Å²) in [6, 6.07) is 29.7.